The molecule has 140 valence electrons. The van der Waals surface area contributed by atoms with E-state index in [4.69, 9.17) is 0 Å². The second-order valence-electron chi connectivity index (χ2n) is 8.61. The Bertz CT molecular complexity index is 668. The molecule has 5 heteroatoms. The molecule has 0 aromatic heterocycles. The standard InChI is InChI=1S/C21H27FN2O2/c22-18-3-1-2-14(9-18)10-19(25)23-4-5-24-20(26)21-11-15-6-16(12-21)8-17(7-15)13-21/h1-3,9,15-17H,4-8,10-13H2,(H,23,25)(H,24,26). The summed E-state index contributed by atoms with van der Waals surface area (Å²) in [5, 5.41) is 5.86. The number of carbonyl (C=O) groups is 2. The first kappa shape index (κ1) is 17.5. The number of hydrogen-bond donors (Lipinski definition) is 2. The summed E-state index contributed by atoms with van der Waals surface area (Å²) in [6.45, 7) is 0.863. The van der Waals surface area contributed by atoms with Gasteiger partial charge >= 0.3 is 0 Å². The molecule has 4 nitrogen and oxygen atoms in total. The van der Waals surface area contributed by atoms with Gasteiger partial charge in [-0.1, -0.05) is 12.1 Å². The molecule has 0 aliphatic heterocycles. The molecule has 1 aromatic carbocycles. The quantitative estimate of drug-likeness (QED) is 0.769. The zero-order chi connectivity index (χ0) is 18.1. The molecule has 1 aromatic rings. The van der Waals surface area contributed by atoms with Crippen molar-refractivity contribution in [1.29, 1.82) is 0 Å². The van der Waals surface area contributed by atoms with Crippen LogP contribution in [-0.4, -0.2) is 24.9 Å². The van der Waals surface area contributed by atoms with Gasteiger partial charge in [-0.3, -0.25) is 9.59 Å². The van der Waals surface area contributed by atoms with E-state index in [2.05, 4.69) is 10.6 Å². The van der Waals surface area contributed by atoms with E-state index in [0.717, 1.165) is 37.0 Å². The molecule has 0 saturated heterocycles. The first-order valence-corrected chi connectivity index (χ1v) is 9.82. The fourth-order valence-corrected chi connectivity index (χ4v) is 5.85. The summed E-state index contributed by atoms with van der Waals surface area (Å²) < 4.78 is 13.1. The van der Waals surface area contributed by atoms with E-state index in [-0.39, 0.29) is 29.5 Å². The Labute approximate surface area is 153 Å². The molecule has 4 bridgehead atoms. The lowest BCUT2D eigenvalue weighted by Gasteiger charge is -2.55. The summed E-state index contributed by atoms with van der Waals surface area (Å²) in [5.74, 6) is 1.95. The highest BCUT2D eigenvalue weighted by atomic mass is 19.1. The Kier molecular flexibility index (Phi) is 4.72. The van der Waals surface area contributed by atoms with Gasteiger partial charge in [-0.15, -0.1) is 0 Å². The molecule has 0 spiro atoms. The number of amides is 2. The fourth-order valence-electron chi connectivity index (χ4n) is 5.85. The predicted molar refractivity (Wildman–Crippen MR) is 96.7 cm³/mol. The van der Waals surface area contributed by atoms with Crippen molar-refractivity contribution in [3.05, 3.63) is 35.6 Å². The summed E-state index contributed by atoms with van der Waals surface area (Å²) in [7, 11) is 0. The molecule has 0 atom stereocenters. The molecular weight excluding hydrogens is 331 g/mol. The van der Waals surface area contributed by atoms with Crippen LogP contribution in [0.2, 0.25) is 0 Å². The third-order valence-corrected chi connectivity index (χ3v) is 6.51. The van der Waals surface area contributed by atoms with Crippen molar-refractivity contribution in [3.8, 4) is 0 Å². The molecule has 5 rings (SSSR count). The molecule has 0 radical (unpaired) electrons. The number of nitrogens with one attached hydrogen (secondary N) is 2. The monoisotopic (exact) mass is 358 g/mol. The van der Waals surface area contributed by atoms with Gasteiger partial charge in [0, 0.05) is 18.5 Å². The van der Waals surface area contributed by atoms with E-state index in [1.165, 1.54) is 31.4 Å². The van der Waals surface area contributed by atoms with Crippen molar-refractivity contribution < 1.29 is 14.0 Å². The number of rotatable bonds is 6. The summed E-state index contributed by atoms with van der Waals surface area (Å²) in [5.41, 5.74) is 0.514. The zero-order valence-corrected chi connectivity index (χ0v) is 15.1. The molecular formula is C21H27FN2O2. The lowest BCUT2D eigenvalue weighted by atomic mass is 9.49. The van der Waals surface area contributed by atoms with Crippen LogP contribution >= 0.6 is 0 Å². The van der Waals surface area contributed by atoms with E-state index < -0.39 is 0 Å². The van der Waals surface area contributed by atoms with Crippen molar-refractivity contribution >= 4 is 11.8 Å². The van der Waals surface area contributed by atoms with Crippen LogP contribution < -0.4 is 10.6 Å². The fraction of sp³-hybridized carbons (Fsp3) is 0.619. The minimum Gasteiger partial charge on any atom is -0.354 e. The first-order chi connectivity index (χ1) is 12.5. The largest absolute Gasteiger partial charge is 0.354 e. The average Bonchev–Trinajstić information content (AvgIpc) is 2.57. The van der Waals surface area contributed by atoms with Crippen LogP contribution in [0.3, 0.4) is 0 Å². The zero-order valence-electron chi connectivity index (χ0n) is 15.1. The average molecular weight is 358 g/mol. The lowest BCUT2D eigenvalue weighted by molar-refractivity contribution is -0.146. The molecule has 4 fully saturated rings. The molecule has 0 heterocycles. The van der Waals surface area contributed by atoms with Gasteiger partial charge in [-0.2, -0.15) is 0 Å². The highest BCUT2D eigenvalue weighted by Crippen LogP contribution is 2.60. The number of hydrogen-bond acceptors (Lipinski definition) is 2. The van der Waals surface area contributed by atoms with Gasteiger partial charge in [0.15, 0.2) is 0 Å². The molecule has 4 aliphatic carbocycles. The third kappa shape index (κ3) is 3.62. The summed E-state index contributed by atoms with van der Waals surface area (Å²) >= 11 is 0. The maximum atomic E-state index is 13.1. The smallest absolute Gasteiger partial charge is 0.226 e. The Balaban J connectivity index is 1.21. The van der Waals surface area contributed by atoms with Crippen LogP contribution in [0.1, 0.15) is 44.1 Å². The van der Waals surface area contributed by atoms with Crippen molar-refractivity contribution in [2.45, 2.75) is 44.9 Å². The minimum atomic E-state index is -0.335. The number of benzene rings is 1. The van der Waals surface area contributed by atoms with Gasteiger partial charge in [0.1, 0.15) is 5.82 Å². The van der Waals surface area contributed by atoms with Crippen LogP contribution in [0.5, 0.6) is 0 Å². The molecule has 2 N–H and O–H groups in total. The van der Waals surface area contributed by atoms with Crippen molar-refractivity contribution in [2.75, 3.05) is 13.1 Å². The second-order valence-corrected chi connectivity index (χ2v) is 8.61. The van der Waals surface area contributed by atoms with Gasteiger partial charge in [-0.05, 0) is 74.0 Å². The van der Waals surface area contributed by atoms with E-state index >= 15 is 0 Å². The Morgan fingerprint density at radius 1 is 1.00 bits per heavy atom. The van der Waals surface area contributed by atoms with Crippen molar-refractivity contribution in [2.24, 2.45) is 23.2 Å². The minimum absolute atomic E-state index is 0.139. The van der Waals surface area contributed by atoms with Gasteiger partial charge in [-0.25, -0.2) is 4.39 Å². The molecule has 26 heavy (non-hydrogen) atoms. The maximum Gasteiger partial charge on any atom is 0.226 e. The van der Waals surface area contributed by atoms with Crippen LogP contribution in [0.15, 0.2) is 24.3 Å². The van der Waals surface area contributed by atoms with Crippen LogP contribution in [0.4, 0.5) is 4.39 Å². The highest BCUT2D eigenvalue weighted by Gasteiger charge is 2.54. The third-order valence-electron chi connectivity index (χ3n) is 6.51. The molecule has 0 unspecified atom stereocenters. The molecule has 2 amide bonds. The summed E-state index contributed by atoms with van der Waals surface area (Å²) in [6.07, 6.45) is 7.28. The normalized spacial score (nSPS) is 31.7. The lowest BCUT2D eigenvalue weighted by Crippen LogP contribution is -2.54. The Morgan fingerprint density at radius 2 is 1.62 bits per heavy atom. The van der Waals surface area contributed by atoms with Crippen LogP contribution in [0.25, 0.3) is 0 Å². The van der Waals surface area contributed by atoms with Crippen LogP contribution in [0, 0.1) is 29.0 Å². The topological polar surface area (TPSA) is 58.2 Å². The maximum absolute atomic E-state index is 13.1. The van der Waals surface area contributed by atoms with Gasteiger partial charge in [0.2, 0.25) is 11.8 Å². The van der Waals surface area contributed by atoms with Crippen molar-refractivity contribution in [3.63, 3.8) is 0 Å². The van der Waals surface area contributed by atoms with Crippen molar-refractivity contribution in [1.82, 2.24) is 10.6 Å². The SMILES string of the molecule is O=C(Cc1cccc(F)c1)NCCNC(=O)C12CC3CC(CC(C3)C1)C2. The summed E-state index contributed by atoms with van der Waals surface area (Å²) in [4.78, 5) is 24.7. The van der Waals surface area contributed by atoms with Gasteiger partial charge in [0.05, 0.1) is 6.42 Å². The highest BCUT2D eigenvalue weighted by molar-refractivity contribution is 5.83. The number of carbonyl (C=O) groups excluding carboxylic acids is 2. The van der Waals surface area contributed by atoms with Gasteiger partial charge in [0.25, 0.3) is 0 Å². The predicted octanol–water partition coefficient (Wildman–Crippen LogP) is 2.82. The van der Waals surface area contributed by atoms with E-state index in [1.807, 2.05) is 0 Å². The van der Waals surface area contributed by atoms with Gasteiger partial charge < -0.3 is 10.6 Å². The second kappa shape index (κ2) is 7.01. The Morgan fingerprint density at radius 3 is 2.23 bits per heavy atom. The van der Waals surface area contributed by atoms with Crippen LogP contribution in [-0.2, 0) is 16.0 Å². The van der Waals surface area contributed by atoms with E-state index in [0.29, 0.717) is 18.7 Å². The first-order valence-electron chi connectivity index (χ1n) is 9.82. The molecule has 4 saturated carbocycles. The van der Waals surface area contributed by atoms with E-state index in [9.17, 15) is 14.0 Å². The van der Waals surface area contributed by atoms with E-state index in [1.54, 1.807) is 12.1 Å². The Hall–Kier alpha value is -1.91. The molecule has 4 aliphatic rings. The number of halogens is 1. The summed E-state index contributed by atoms with van der Waals surface area (Å²) in [6, 6.07) is 6.07.